The summed E-state index contributed by atoms with van der Waals surface area (Å²) in [5, 5.41) is 3.48. The van der Waals surface area contributed by atoms with Crippen LogP contribution in [0.4, 0.5) is 5.82 Å². The molecule has 0 spiro atoms. The molecule has 0 radical (unpaired) electrons. The Bertz CT molecular complexity index is 391. The van der Waals surface area contributed by atoms with Gasteiger partial charge < -0.3 is 15.8 Å². The zero-order valence-electron chi connectivity index (χ0n) is 11.7. The second kappa shape index (κ2) is 7.40. The number of nitrogens with zero attached hydrogens (tertiary/aromatic N) is 2. The fraction of sp³-hybridized carbons (Fsp3) is 0.714. The summed E-state index contributed by atoms with van der Waals surface area (Å²) in [4.78, 5) is 8.85. The zero-order chi connectivity index (χ0) is 13.5. The monoisotopic (exact) mass is 264 g/mol. The molecule has 1 aromatic heterocycles. The molecule has 106 valence electrons. The highest BCUT2D eigenvalue weighted by atomic mass is 16.5. The number of nitrogens with one attached hydrogen (secondary N) is 1. The summed E-state index contributed by atoms with van der Waals surface area (Å²) in [7, 11) is 1.71. The number of nitrogens with two attached hydrogens (primary N) is 1. The third-order valence-corrected chi connectivity index (χ3v) is 3.60. The summed E-state index contributed by atoms with van der Waals surface area (Å²) in [6.07, 6.45) is 8.42. The van der Waals surface area contributed by atoms with Crippen LogP contribution in [0, 0.1) is 0 Å². The fourth-order valence-corrected chi connectivity index (χ4v) is 2.62. The van der Waals surface area contributed by atoms with Gasteiger partial charge in [0.1, 0.15) is 12.1 Å². The highest BCUT2D eigenvalue weighted by Gasteiger charge is 2.16. The SMILES string of the molecule is COCC(CCN)Nc1ncnc2c1CCCCC2. The van der Waals surface area contributed by atoms with Crippen molar-refractivity contribution in [3.8, 4) is 0 Å². The van der Waals surface area contributed by atoms with Crippen molar-refractivity contribution in [3.63, 3.8) is 0 Å². The number of aromatic nitrogens is 2. The Balaban J connectivity index is 2.14. The lowest BCUT2D eigenvalue weighted by molar-refractivity contribution is 0.183. The van der Waals surface area contributed by atoms with E-state index in [1.54, 1.807) is 13.4 Å². The smallest absolute Gasteiger partial charge is 0.133 e. The van der Waals surface area contributed by atoms with Crippen molar-refractivity contribution < 1.29 is 4.74 Å². The van der Waals surface area contributed by atoms with Gasteiger partial charge in [-0.2, -0.15) is 0 Å². The van der Waals surface area contributed by atoms with E-state index in [2.05, 4.69) is 15.3 Å². The molecule has 1 aliphatic rings. The molecule has 0 saturated heterocycles. The molecule has 0 bridgehead atoms. The van der Waals surface area contributed by atoms with E-state index in [0.29, 0.717) is 13.2 Å². The second-order valence-corrected chi connectivity index (χ2v) is 5.08. The molecule has 5 heteroatoms. The van der Waals surface area contributed by atoms with Crippen LogP contribution in [0.25, 0.3) is 0 Å². The minimum absolute atomic E-state index is 0.220. The minimum Gasteiger partial charge on any atom is -0.383 e. The number of aryl methyl sites for hydroxylation is 1. The summed E-state index contributed by atoms with van der Waals surface area (Å²) < 4.78 is 5.24. The molecule has 19 heavy (non-hydrogen) atoms. The molecule has 0 aromatic carbocycles. The van der Waals surface area contributed by atoms with Gasteiger partial charge in [-0.05, 0) is 38.6 Å². The van der Waals surface area contributed by atoms with Crippen molar-refractivity contribution in [2.24, 2.45) is 5.73 Å². The van der Waals surface area contributed by atoms with Crippen molar-refractivity contribution in [3.05, 3.63) is 17.6 Å². The van der Waals surface area contributed by atoms with Gasteiger partial charge in [0, 0.05) is 18.4 Å². The molecule has 1 heterocycles. The number of hydrogen-bond donors (Lipinski definition) is 2. The van der Waals surface area contributed by atoms with Crippen LogP contribution < -0.4 is 11.1 Å². The lowest BCUT2D eigenvalue weighted by Crippen LogP contribution is -2.29. The van der Waals surface area contributed by atoms with E-state index in [-0.39, 0.29) is 6.04 Å². The number of hydrogen-bond acceptors (Lipinski definition) is 5. The lowest BCUT2D eigenvalue weighted by Gasteiger charge is -2.20. The Hall–Kier alpha value is -1.20. The average Bonchev–Trinajstić information content (AvgIpc) is 2.65. The van der Waals surface area contributed by atoms with Gasteiger partial charge in [0.05, 0.1) is 12.6 Å². The number of ether oxygens (including phenoxy) is 1. The van der Waals surface area contributed by atoms with Crippen LogP contribution >= 0.6 is 0 Å². The summed E-state index contributed by atoms with van der Waals surface area (Å²) in [5.74, 6) is 0.974. The fourth-order valence-electron chi connectivity index (χ4n) is 2.62. The molecule has 0 amide bonds. The molecular weight excluding hydrogens is 240 g/mol. The van der Waals surface area contributed by atoms with E-state index in [1.165, 1.54) is 30.5 Å². The van der Waals surface area contributed by atoms with E-state index in [1.807, 2.05) is 0 Å². The Morgan fingerprint density at radius 2 is 2.16 bits per heavy atom. The second-order valence-electron chi connectivity index (χ2n) is 5.08. The summed E-state index contributed by atoms with van der Waals surface area (Å²) in [5.41, 5.74) is 8.15. The van der Waals surface area contributed by atoms with Crippen molar-refractivity contribution >= 4 is 5.82 Å². The molecular formula is C14H24N4O. The van der Waals surface area contributed by atoms with Gasteiger partial charge in [-0.25, -0.2) is 9.97 Å². The first-order valence-electron chi connectivity index (χ1n) is 7.13. The Morgan fingerprint density at radius 3 is 2.95 bits per heavy atom. The van der Waals surface area contributed by atoms with Crippen molar-refractivity contribution in [1.29, 1.82) is 0 Å². The predicted octanol–water partition coefficient (Wildman–Crippen LogP) is 1.52. The van der Waals surface area contributed by atoms with E-state index in [0.717, 1.165) is 25.1 Å². The first-order valence-corrected chi connectivity index (χ1v) is 7.13. The van der Waals surface area contributed by atoms with Gasteiger partial charge >= 0.3 is 0 Å². The van der Waals surface area contributed by atoms with Crippen LogP contribution in [-0.4, -0.2) is 36.3 Å². The highest BCUT2D eigenvalue weighted by molar-refractivity contribution is 5.47. The number of methoxy groups -OCH3 is 1. The molecule has 0 saturated carbocycles. The first kappa shape index (κ1) is 14.2. The average molecular weight is 264 g/mol. The Labute approximate surface area is 115 Å². The van der Waals surface area contributed by atoms with Crippen molar-refractivity contribution in [1.82, 2.24) is 9.97 Å². The lowest BCUT2D eigenvalue weighted by atomic mass is 10.1. The molecule has 3 N–H and O–H groups in total. The van der Waals surface area contributed by atoms with E-state index >= 15 is 0 Å². The molecule has 1 atom stereocenters. The van der Waals surface area contributed by atoms with Crippen LogP contribution in [0.3, 0.4) is 0 Å². The maximum Gasteiger partial charge on any atom is 0.133 e. The first-order chi connectivity index (χ1) is 9.35. The summed E-state index contributed by atoms with van der Waals surface area (Å²) >= 11 is 0. The van der Waals surface area contributed by atoms with Crippen LogP contribution in [0.15, 0.2) is 6.33 Å². The van der Waals surface area contributed by atoms with Gasteiger partial charge in [0.2, 0.25) is 0 Å². The molecule has 1 unspecified atom stereocenters. The van der Waals surface area contributed by atoms with Gasteiger partial charge in [-0.15, -0.1) is 0 Å². The maximum atomic E-state index is 5.65. The molecule has 0 fully saturated rings. The van der Waals surface area contributed by atoms with Crippen LogP contribution in [-0.2, 0) is 17.6 Å². The Morgan fingerprint density at radius 1 is 1.32 bits per heavy atom. The van der Waals surface area contributed by atoms with E-state index < -0.39 is 0 Å². The van der Waals surface area contributed by atoms with Crippen LogP contribution in [0.5, 0.6) is 0 Å². The quantitative estimate of drug-likeness (QED) is 0.762. The van der Waals surface area contributed by atoms with Crippen molar-refractivity contribution in [2.45, 2.75) is 44.6 Å². The standard InChI is InChI=1S/C14H24N4O/c1-19-9-11(7-8-15)18-14-12-5-3-2-4-6-13(12)16-10-17-14/h10-11H,2-9,15H2,1H3,(H,16,17,18). The molecule has 0 aliphatic heterocycles. The highest BCUT2D eigenvalue weighted by Crippen LogP contribution is 2.24. The zero-order valence-corrected chi connectivity index (χ0v) is 11.7. The van der Waals surface area contributed by atoms with Gasteiger partial charge in [-0.3, -0.25) is 0 Å². The van der Waals surface area contributed by atoms with Gasteiger partial charge in [-0.1, -0.05) is 6.42 Å². The minimum atomic E-state index is 0.220. The summed E-state index contributed by atoms with van der Waals surface area (Å²) in [6.45, 7) is 1.30. The van der Waals surface area contributed by atoms with Crippen LogP contribution in [0.2, 0.25) is 0 Å². The predicted molar refractivity (Wildman–Crippen MR) is 76.2 cm³/mol. The molecule has 1 aromatic rings. The topological polar surface area (TPSA) is 73.1 Å². The number of rotatable bonds is 6. The third kappa shape index (κ3) is 3.88. The number of fused-ring (bicyclic) bond motifs is 1. The van der Waals surface area contributed by atoms with Gasteiger partial charge in [0.25, 0.3) is 0 Å². The largest absolute Gasteiger partial charge is 0.383 e. The molecule has 2 rings (SSSR count). The number of anilines is 1. The van der Waals surface area contributed by atoms with E-state index in [4.69, 9.17) is 10.5 Å². The third-order valence-electron chi connectivity index (χ3n) is 3.60. The van der Waals surface area contributed by atoms with E-state index in [9.17, 15) is 0 Å². The van der Waals surface area contributed by atoms with Crippen molar-refractivity contribution in [2.75, 3.05) is 25.6 Å². The van der Waals surface area contributed by atoms with Gasteiger partial charge in [0.15, 0.2) is 0 Å². The summed E-state index contributed by atoms with van der Waals surface area (Å²) in [6, 6.07) is 0.220. The molecule has 1 aliphatic carbocycles. The van der Waals surface area contributed by atoms with Crippen LogP contribution in [0.1, 0.15) is 36.9 Å². The molecule has 5 nitrogen and oxygen atoms in total. The normalized spacial score (nSPS) is 16.5. The maximum absolute atomic E-state index is 5.65. The Kier molecular flexibility index (Phi) is 5.54.